The third kappa shape index (κ3) is 6.00. The van der Waals surface area contributed by atoms with Crippen LogP contribution in [0.3, 0.4) is 0 Å². The number of allylic oxidation sites excluding steroid dienone is 1. The zero-order chi connectivity index (χ0) is 34.9. The van der Waals surface area contributed by atoms with Gasteiger partial charge >= 0.3 is 12.2 Å². The predicted molar refractivity (Wildman–Crippen MR) is 189 cm³/mol. The van der Waals surface area contributed by atoms with Crippen molar-refractivity contribution in [3.63, 3.8) is 0 Å². The molecule has 11 nitrogen and oxygen atoms in total. The van der Waals surface area contributed by atoms with E-state index in [1.165, 1.54) is 0 Å². The molecule has 0 bridgehead atoms. The van der Waals surface area contributed by atoms with Crippen molar-refractivity contribution in [1.29, 1.82) is 0 Å². The normalized spacial score (nSPS) is 20.9. The number of aromatic amines is 1. The number of nitrogens with one attached hydrogen (secondary N) is 1. The van der Waals surface area contributed by atoms with Crippen LogP contribution in [-0.2, 0) is 22.7 Å². The summed E-state index contributed by atoms with van der Waals surface area (Å²) >= 11 is 0. The number of amides is 2. The molecule has 0 radical (unpaired) electrons. The van der Waals surface area contributed by atoms with Crippen molar-refractivity contribution < 1.29 is 28.5 Å². The van der Waals surface area contributed by atoms with E-state index in [2.05, 4.69) is 29.2 Å². The van der Waals surface area contributed by atoms with Crippen LogP contribution in [0.25, 0.3) is 28.0 Å². The maximum atomic E-state index is 12.9. The maximum absolute atomic E-state index is 12.9. The number of ether oxygens (including phenoxy) is 4. The van der Waals surface area contributed by atoms with Crippen LogP contribution in [0.1, 0.15) is 102 Å². The molecule has 11 heteroatoms. The van der Waals surface area contributed by atoms with Crippen LogP contribution in [0.2, 0.25) is 0 Å². The number of imidazole rings is 1. The Morgan fingerprint density at radius 1 is 0.800 bits per heavy atom. The van der Waals surface area contributed by atoms with Crippen LogP contribution < -0.4 is 9.47 Å². The molecular formula is C39H45N5O6. The highest BCUT2D eigenvalue weighted by Gasteiger charge is 2.38. The lowest BCUT2D eigenvalue weighted by molar-refractivity contribution is 0.0216. The molecule has 0 saturated carbocycles. The summed E-state index contributed by atoms with van der Waals surface area (Å²) in [4.78, 5) is 42.5. The number of likely N-dealkylation sites (tertiary alicyclic amines) is 2. The fourth-order valence-electron chi connectivity index (χ4n) is 7.74. The van der Waals surface area contributed by atoms with E-state index in [0.717, 1.165) is 93.4 Å². The highest BCUT2D eigenvalue weighted by molar-refractivity contribution is 6.03. The van der Waals surface area contributed by atoms with Crippen LogP contribution in [0.4, 0.5) is 9.59 Å². The monoisotopic (exact) mass is 679 g/mol. The zero-order valence-electron chi connectivity index (χ0n) is 29.7. The van der Waals surface area contributed by atoms with Crippen molar-refractivity contribution >= 4 is 23.5 Å². The summed E-state index contributed by atoms with van der Waals surface area (Å²) in [7, 11) is 0. The topological polar surface area (TPSA) is 119 Å². The molecule has 1 aromatic heterocycles. The number of H-pyrrole nitrogens is 1. The molecule has 2 saturated heterocycles. The summed E-state index contributed by atoms with van der Waals surface area (Å²) in [6, 6.07) is 8.32. The minimum Gasteiger partial charge on any atom is -0.488 e. The highest BCUT2D eigenvalue weighted by atomic mass is 16.6. The summed E-state index contributed by atoms with van der Waals surface area (Å²) in [6.07, 6.45) is 7.41. The molecule has 0 aliphatic carbocycles. The van der Waals surface area contributed by atoms with Gasteiger partial charge in [0.1, 0.15) is 41.7 Å². The first-order valence-electron chi connectivity index (χ1n) is 17.7. The van der Waals surface area contributed by atoms with E-state index < -0.39 is 11.2 Å². The van der Waals surface area contributed by atoms with Crippen molar-refractivity contribution in [1.82, 2.24) is 19.8 Å². The van der Waals surface area contributed by atoms with Gasteiger partial charge in [0, 0.05) is 59.2 Å². The van der Waals surface area contributed by atoms with Gasteiger partial charge in [-0.1, -0.05) is 0 Å². The number of carbonyl (C=O) groups excluding carboxylic acids is 2. The lowest BCUT2D eigenvalue weighted by Crippen LogP contribution is -2.43. The Morgan fingerprint density at radius 2 is 1.36 bits per heavy atom. The minimum absolute atomic E-state index is 0.0502. The Hall–Kier alpha value is -4.80. The first-order valence-corrected chi connectivity index (χ1v) is 17.7. The van der Waals surface area contributed by atoms with E-state index in [9.17, 15) is 9.59 Å². The molecule has 2 atom stereocenters. The maximum Gasteiger partial charge on any atom is 0.410 e. The third-order valence-electron chi connectivity index (χ3n) is 9.88. The second-order valence-corrected chi connectivity index (χ2v) is 15.9. The van der Waals surface area contributed by atoms with Crippen LogP contribution in [0.5, 0.6) is 11.5 Å². The molecule has 0 unspecified atom stereocenters. The van der Waals surface area contributed by atoms with E-state index in [1.54, 1.807) is 4.90 Å². The summed E-state index contributed by atoms with van der Waals surface area (Å²) in [5, 5.41) is 0. The number of rotatable bonds is 4. The van der Waals surface area contributed by atoms with Gasteiger partial charge in [-0.3, -0.25) is 14.8 Å². The Balaban J connectivity index is 1.01. The predicted octanol–water partition coefficient (Wildman–Crippen LogP) is 8.19. The Morgan fingerprint density at radius 3 is 1.98 bits per heavy atom. The number of nitrogens with zero attached hydrogens (tertiary/aromatic N) is 4. The quantitative estimate of drug-likeness (QED) is 0.295. The number of carbonyl (C=O) groups is 2. The van der Waals surface area contributed by atoms with Crippen molar-refractivity contribution in [3.8, 4) is 33.9 Å². The molecule has 8 rings (SSSR count). The van der Waals surface area contributed by atoms with Crippen LogP contribution in [-0.4, -0.2) is 68.0 Å². The van der Waals surface area contributed by atoms with Crippen molar-refractivity contribution in [3.05, 3.63) is 59.2 Å². The Bertz CT molecular complexity index is 1900. The average molecular weight is 680 g/mol. The van der Waals surface area contributed by atoms with Gasteiger partial charge in [-0.15, -0.1) is 0 Å². The van der Waals surface area contributed by atoms with Gasteiger partial charge in [0.25, 0.3) is 0 Å². The molecule has 50 heavy (non-hydrogen) atoms. The molecular weight excluding hydrogens is 634 g/mol. The number of benzene rings is 2. The van der Waals surface area contributed by atoms with Gasteiger partial charge < -0.3 is 23.9 Å². The Labute approximate surface area is 292 Å². The molecule has 2 fully saturated rings. The second kappa shape index (κ2) is 11.9. The molecule has 5 aliphatic heterocycles. The van der Waals surface area contributed by atoms with E-state index in [0.29, 0.717) is 32.7 Å². The van der Waals surface area contributed by atoms with Crippen LogP contribution in [0.15, 0.2) is 41.7 Å². The van der Waals surface area contributed by atoms with E-state index in [1.807, 2.05) is 58.8 Å². The summed E-state index contributed by atoms with van der Waals surface area (Å²) < 4.78 is 24.2. The first-order chi connectivity index (χ1) is 23.8. The number of aromatic nitrogens is 2. The highest BCUT2D eigenvalue weighted by Crippen LogP contribution is 2.51. The van der Waals surface area contributed by atoms with Gasteiger partial charge in [0.15, 0.2) is 0 Å². The van der Waals surface area contributed by atoms with Gasteiger partial charge in [-0.05, 0) is 103 Å². The second-order valence-electron chi connectivity index (χ2n) is 15.9. The molecule has 1 N–H and O–H groups in total. The van der Waals surface area contributed by atoms with Gasteiger partial charge in [-0.2, -0.15) is 0 Å². The SMILES string of the molecule is CC(C)(C)OC(=O)N1CCC[C@H]1C1=NC=C(c2cc3c4c(c2)OCc2cc(-c5cnc([C@@H]6CCCN6C(=O)OC(C)(C)C)[nH]5)cc(c2-4)OC3)C1. The zero-order valence-corrected chi connectivity index (χ0v) is 29.7. The van der Waals surface area contributed by atoms with Crippen LogP contribution in [0, 0.1) is 0 Å². The molecule has 2 amide bonds. The van der Waals surface area contributed by atoms with Crippen molar-refractivity contribution in [2.45, 2.75) is 110 Å². The lowest BCUT2D eigenvalue weighted by Gasteiger charge is -2.30. The third-order valence-corrected chi connectivity index (χ3v) is 9.88. The smallest absolute Gasteiger partial charge is 0.410 e. The molecule has 0 spiro atoms. The van der Waals surface area contributed by atoms with Crippen molar-refractivity contribution in [2.24, 2.45) is 4.99 Å². The summed E-state index contributed by atoms with van der Waals surface area (Å²) in [5.74, 6) is 2.43. The standard InChI is InChI=1S/C39H45N5O6/c1-38(2,3)49-36(45)43-11-7-9-29(43)27-15-24(18-40-27)22-13-25-20-48-32-17-23(14-26-21-47-31(16-22)33(25)34(26)32)28-19-41-35(42-28)30-10-8-12-44(30)37(46)50-39(4,5)6/h13-14,16-19,29-30H,7-12,15,20-21H2,1-6H3,(H,41,42)/t29-,30-/m0/s1. The van der Waals surface area contributed by atoms with E-state index in [-0.39, 0.29) is 24.3 Å². The fraction of sp³-hybridized carbons (Fsp3) is 0.487. The Kier molecular flexibility index (Phi) is 7.72. The first kappa shape index (κ1) is 32.4. The summed E-state index contributed by atoms with van der Waals surface area (Å²) in [5.41, 5.74) is 8.18. The molecule has 5 aliphatic rings. The molecule has 6 heterocycles. The largest absolute Gasteiger partial charge is 0.488 e. The number of hydrogen-bond donors (Lipinski definition) is 1. The fourth-order valence-corrected chi connectivity index (χ4v) is 7.74. The lowest BCUT2D eigenvalue weighted by atomic mass is 9.86. The number of aliphatic imine (C=N–C) groups is 1. The van der Waals surface area contributed by atoms with Gasteiger partial charge in [-0.25, -0.2) is 14.6 Å². The van der Waals surface area contributed by atoms with Gasteiger partial charge in [0.05, 0.1) is 24.0 Å². The molecule has 262 valence electrons. The van der Waals surface area contributed by atoms with E-state index in [4.69, 9.17) is 28.9 Å². The molecule has 2 aromatic carbocycles. The van der Waals surface area contributed by atoms with Crippen LogP contribution >= 0.6 is 0 Å². The van der Waals surface area contributed by atoms with E-state index >= 15 is 0 Å². The van der Waals surface area contributed by atoms with Crippen molar-refractivity contribution in [2.75, 3.05) is 13.1 Å². The minimum atomic E-state index is -0.557. The number of hydrogen-bond acceptors (Lipinski definition) is 8. The summed E-state index contributed by atoms with van der Waals surface area (Å²) in [6.45, 7) is 13.5. The van der Waals surface area contributed by atoms with Gasteiger partial charge in [0.2, 0.25) is 0 Å². The molecule has 3 aromatic rings. The average Bonchev–Trinajstić information content (AvgIpc) is 3.87.